The van der Waals surface area contributed by atoms with Crippen LogP contribution in [0.1, 0.15) is 12.5 Å². The maximum absolute atomic E-state index is 12.0. The predicted molar refractivity (Wildman–Crippen MR) is 94.6 cm³/mol. The summed E-state index contributed by atoms with van der Waals surface area (Å²) >= 11 is 0. The Hall–Kier alpha value is -2.41. The second kappa shape index (κ2) is 9.17. The normalized spacial score (nSPS) is 15.0. The van der Waals surface area contributed by atoms with Crippen LogP contribution in [0.15, 0.2) is 30.3 Å². The van der Waals surface area contributed by atoms with Crippen molar-refractivity contribution in [1.29, 1.82) is 0 Å². The van der Waals surface area contributed by atoms with Crippen LogP contribution in [0.4, 0.5) is 0 Å². The van der Waals surface area contributed by atoms with Gasteiger partial charge in [-0.3, -0.25) is 14.4 Å². The molecular weight excluding hydrogens is 320 g/mol. The number of hydrogen-bond donors (Lipinski definition) is 1. The van der Waals surface area contributed by atoms with E-state index in [-0.39, 0.29) is 12.5 Å². The molecule has 3 amide bonds. The Balaban J connectivity index is 1.69. The Bertz CT molecular complexity index is 606. The van der Waals surface area contributed by atoms with Crippen molar-refractivity contribution in [2.75, 3.05) is 46.3 Å². The van der Waals surface area contributed by atoms with Crippen LogP contribution >= 0.6 is 0 Å². The molecule has 7 heteroatoms. The van der Waals surface area contributed by atoms with Gasteiger partial charge in [0, 0.05) is 39.3 Å². The van der Waals surface area contributed by atoms with Crippen molar-refractivity contribution in [2.45, 2.75) is 13.5 Å². The number of carbonyl (C=O) groups excluding carboxylic acids is 3. The lowest BCUT2D eigenvalue weighted by molar-refractivity contribution is -0.156. The van der Waals surface area contributed by atoms with Gasteiger partial charge in [-0.15, -0.1) is 0 Å². The van der Waals surface area contributed by atoms with Crippen molar-refractivity contribution in [3.63, 3.8) is 0 Å². The minimum Gasteiger partial charge on any atom is -0.353 e. The largest absolute Gasteiger partial charge is 0.353 e. The first-order valence-corrected chi connectivity index (χ1v) is 8.58. The van der Waals surface area contributed by atoms with Crippen molar-refractivity contribution < 1.29 is 14.4 Å². The van der Waals surface area contributed by atoms with Gasteiger partial charge in [0.25, 0.3) is 0 Å². The lowest BCUT2D eigenvalue weighted by atomic mass is 10.2. The van der Waals surface area contributed by atoms with Gasteiger partial charge in [-0.05, 0) is 19.5 Å². The van der Waals surface area contributed by atoms with E-state index < -0.39 is 11.8 Å². The standard InChI is InChI=1S/C18H26N4O3/c1-3-21-11-12-22(18(25)17(21)24)14-16(23)19-9-10-20(2)13-15-7-5-4-6-8-15/h4-8H,3,9-14H2,1-2H3,(H,19,23). The molecule has 0 saturated carbocycles. The number of likely N-dealkylation sites (N-methyl/N-ethyl adjacent to an activating group) is 2. The molecule has 1 aromatic rings. The van der Waals surface area contributed by atoms with Crippen LogP contribution in [-0.2, 0) is 20.9 Å². The Morgan fingerprint density at radius 3 is 2.44 bits per heavy atom. The van der Waals surface area contributed by atoms with Gasteiger partial charge in [0.15, 0.2) is 0 Å². The zero-order valence-corrected chi connectivity index (χ0v) is 14.9. The molecule has 0 atom stereocenters. The maximum Gasteiger partial charge on any atom is 0.312 e. The predicted octanol–water partition coefficient (Wildman–Crippen LogP) is -0.0747. The number of nitrogens with one attached hydrogen (secondary N) is 1. The molecule has 0 aliphatic carbocycles. The Labute approximate surface area is 148 Å². The van der Waals surface area contributed by atoms with Crippen molar-refractivity contribution in [1.82, 2.24) is 20.0 Å². The number of hydrogen-bond acceptors (Lipinski definition) is 4. The molecule has 0 radical (unpaired) electrons. The lowest BCUT2D eigenvalue weighted by Crippen LogP contribution is -2.56. The molecule has 1 saturated heterocycles. The Morgan fingerprint density at radius 1 is 1.12 bits per heavy atom. The molecule has 1 aliphatic heterocycles. The highest BCUT2D eigenvalue weighted by atomic mass is 16.2. The van der Waals surface area contributed by atoms with E-state index in [0.717, 1.165) is 6.54 Å². The first-order chi connectivity index (χ1) is 12.0. The van der Waals surface area contributed by atoms with E-state index in [1.807, 2.05) is 32.2 Å². The fourth-order valence-corrected chi connectivity index (χ4v) is 2.76. The highest BCUT2D eigenvalue weighted by molar-refractivity contribution is 6.35. The van der Waals surface area contributed by atoms with E-state index in [4.69, 9.17) is 0 Å². The molecule has 0 bridgehead atoms. The molecule has 1 heterocycles. The number of nitrogens with zero attached hydrogens (tertiary/aromatic N) is 3. The average Bonchev–Trinajstić information content (AvgIpc) is 2.60. The molecule has 25 heavy (non-hydrogen) atoms. The molecule has 1 aliphatic rings. The molecular formula is C18H26N4O3. The highest BCUT2D eigenvalue weighted by Crippen LogP contribution is 2.04. The van der Waals surface area contributed by atoms with E-state index in [2.05, 4.69) is 22.3 Å². The molecule has 0 spiro atoms. The van der Waals surface area contributed by atoms with Crippen LogP contribution in [0.2, 0.25) is 0 Å². The Morgan fingerprint density at radius 2 is 1.76 bits per heavy atom. The fraction of sp³-hybridized carbons (Fsp3) is 0.500. The van der Waals surface area contributed by atoms with E-state index in [1.165, 1.54) is 15.4 Å². The van der Waals surface area contributed by atoms with Gasteiger partial charge < -0.3 is 20.0 Å². The van der Waals surface area contributed by atoms with E-state index >= 15 is 0 Å². The highest BCUT2D eigenvalue weighted by Gasteiger charge is 2.32. The Kier molecular flexibility index (Phi) is 6.94. The van der Waals surface area contributed by atoms with Crippen LogP contribution in [0.5, 0.6) is 0 Å². The summed E-state index contributed by atoms with van der Waals surface area (Å²) in [6, 6.07) is 10.1. The maximum atomic E-state index is 12.0. The topological polar surface area (TPSA) is 73.0 Å². The molecule has 1 N–H and O–H groups in total. The molecule has 1 fully saturated rings. The molecule has 2 rings (SSSR count). The van der Waals surface area contributed by atoms with Gasteiger partial charge >= 0.3 is 11.8 Å². The second-order valence-electron chi connectivity index (χ2n) is 6.18. The molecule has 136 valence electrons. The fourth-order valence-electron chi connectivity index (χ4n) is 2.76. The third-order valence-electron chi connectivity index (χ3n) is 4.22. The summed E-state index contributed by atoms with van der Waals surface area (Å²) in [6.45, 7) is 5.18. The minimum atomic E-state index is -0.593. The van der Waals surface area contributed by atoms with Crippen molar-refractivity contribution in [3.05, 3.63) is 35.9 Å². The second-order valence-corrected chi connectivity index (χ2v) is 6.18. The number of carbonyl (C=O) groups is 3. The van der Waals surface area contributed by atoms with E-state index in [0.29, 0.717) is 32.7 Å². The molecule has 0 unspecified atom stereocenters. The van der Waals surface area contributed by atoms with Crippen LogP contribution in [0.3, 0.4) is 0 Å². The van der Waals surface area contributed by atoms with Gasteiger partial charge in [-0.25, -0.2) is 0 Å². The van der Waals surface area contributed by atoms with Crippen LogP contribution in [0, 0.1) is 0 Å². The summed E-state index contributed by atoms with van der Waals surface area (Å²) in [5.41, 5.74) is 1.22. The summed E-state index contributed by atoms with van der Waals surface area (Å²) < 4.78 is 0. The van der Waals surface area contributed by atoms with Gasteiger partial charge in [-0.1, -0.05) is 30.3 Å². The zero-order valence-electron chi connectivity index (χ0n) is 14.9. The minimum absolute atomic E-state index is 0.0650. The summed E-state index contributed by atoms with van der Waals surface area (Å²) in [7, 11) is 1.99. The third kappa shape index (κ3) is 5.56. The smallest absolute Gasteiger partial charge is 0.312 e. The molecule has 0 aromatic heterocycles. The van der Waals surface area contributed by atoms with Crippen molar-refractivity contribution >= 4 is 17.7 Å². The van der Waals surface area contributed by atoms with E-state index in [1.54, 1.807) is 0 Å². The SMILES string of the molecule is CCN1CCN(CC(=O)NCCN(C)Cc2ccccc2)C(=O)C1=O. The first kappa shape index (κ1) is 18.9. The number of amides is 3. The van der Waals surface area contributed by atoms with Crippen LogP contribution in [-0.4, -0.2) is 78.7 Å². The average molecular weight is 346 g/mol. The van der Waals surface area contributed by atoms with Gasteiger partial charge in [0.1, 0.15) is 6.54 Å². The lowest BCUT2D eigenvalue weighted by Gasteiger charge is -2.32. The number of benzene rings is 1. The summed E-state index contributed by atoms with van der Waals surface area (Å²) in [6.07, 6.45) is 0. The van der Waals surface area contributed by atoms with E-state index in [9.17, 15) is 14.4 Å². The summed E-state index contributed by atoms with van der Waals surface area (Å²) in [5, 5.41) is 2.81. The summed E-state index contributed by atoms with van der Waals surface area (Å²) in [5.74, 6) is -1.35. The molecule has 1 aromatic carbocycles. The van der Waals surface area contributed by atoms with Crippen molar-refractivity contribution in [3.8, 4) is 0 Å². The van der Waals surface area contributed by atoms with Crippen LogP contribution < -0.4 is 5.32 Å². The van der Waals surface area contributed by atoms with Crippen molar-refractivity contribution in [2.24, 2.45) is 0 Å². The molecule has 7 nitrogen and oxygen atoms in total. The zero-order chi connectivity index (χ0) is 18.2. The number of piperazine rings is 1. The quantitative estimate of drug-likeness (QED) is 0.669. The van der Waals surface area contributed by atoms with Gasteiger partial charge in [-0.2, -0.15) is 0 Å². The van der Waals surface area contributed by atoms with Crippen LogP contribution in [0.25, 0.3) is 0 Å². The van der Waals surface area contributed by atoms with Gasteiger partial charge in [0.2, 0.25) is 5.91 Å². The number of rotatable bonds is 8. The van der Waals surface area contributed by atoms with Gasteiger partial charge in [0.05, 0.1) is 0 Å². The summed E-state index contributed by atoms with van der Waals surface area (Å²) in [4.78, 5) is 40.7. The first-order valence-electron chi connectivity index (χ1n) is 8.58. The monoisotopic (exact) mass is 346 g/mol. The third-order valence-corrected chi connectivity index (χ3v) is 4.22.